The first-order chi connectivity index (χ1) is 7.15. The van der Waals surface area contributed by atoms with Gasteiger partial charge in [-0.1, -0.05) is 6.92 Å². The van der Waals surface area contributed by atoms with Crippen molar-refractivity contribution in [3.63, 3.8) is 0 Å². The van der Waals surface area contributed by atoms with E-state index in [4.69, 9.17) is 4.74 Å². The van der Waals surface area contributed by atoms with Gasteiger partial charge >= 0.3 is 0 Å². The Morgan fingerprint density at radius 2 is 2.40 bits per heavy atom. The van der Waals surface area contributed by atoms with Crippen LogP contribution in [0, 0.1) is 5.92 Å². The van der Waals surface area contributed by atoms with Gasteiger partial charge in [0.05, 0.1) is 6.04 Å². The molecule has 0 saturated carbocycles. The van der Waals surface area contributed by atoms with Crippen molar-refractivity contribution in [3.8, 4) is 0 Å². The molecule has 0 spiro atoms. The Labute approximate surface area is 91.8 Å². The second-order valence-corrected chi connectivity index (χ2v) is 4.39. The highest BCUT2D eigenvalue weighted by atomic mass is 16.5. The lowest BCUT2D eigenvalue weighted by atomic mass is 10.0. The van der Waals surface area contributed by atoms with Crippen LogP contribution in [-0.2, 0) is 9.53 Å². The highest BCUT2D eigenvalue weighted by molar-refractivity contribution is 5.82. The van der Waals surface area contributed by atoms with Crippen molar-refractivity contribution in [2.75, 3.05) is 20.3 Å². The van der Waals surface area contributed by atoms with Gasteiger partial charge < -0.3 is 15.4 Å². The van der Waals surface area contributed by atoms with E-state index < -0.39 is 0 Å². The zero-order chi connectivity index (χ0) is 11.3. The number of carbonyl (C=O) groups excluding carboxylic acids is 1. The zero-order valence-electron chi connectivity index (χ0n) is 9.88. The lowest BCUT2D eigenvalue weighted by Gasteiger charge is -2.19. The van der Waals surface area contributed by atoms with Crippen LogP contribution >= 0.6 is 0 Å². The van der Waals surface area contributed by atoms with Gasteiger partial charge in [0.25, 0.3) is 0 Å². The van der Waals surface area contributed by atoms with Crippen LogP contribution in [0.25, 0.3) is 0 Å². The highest BCUT2D eigenvalue weighted by Gasteiger charge is 2.29. The van der Waals surface area contributed by atoms with E-state index in [9.17, 15) is 4.79 Å². The van der Waals surface area contributed by atoms with E-state index in [1.165, 1.54) is 0 Å². The highest BCUT2D eigenvalue weighted by Crippen LogP contribution is 2.14. The van der Waals surface area contributed by atoms with E-state index in [1.54, 1.807) is 7.11 Å². The van der Waals surface area contributed by atoms with Crippen molar-refractivity contribution < 1.29 is 9.53 Å². The Morgan fingerprint density at radius 3 is 2.93 bits per heavy atom. The van der Waals surface area contributed by atoms with Crippen molar-refractivity contribution in [2.45, 2.75) is 38.8 Å². The SMILES string of the molecule is COCCC(C)NC(=O)C1NCCC1C. The first kappa shape index (κ1) is 12.5. The third-order valence-electron chi connectivity index (χ3n) is 2.96. The summed E-state index contributed by atoms with van der Waals surface area (Å²) in [4.78, 5) is 11.8. The number of nitrogens with one attached hydrogen (secondary N) is 2. The smallest absolute Gasteiger partial charge is 0.237 e. The molecule has 4 nitrogen and oxygen atoms in total. The summed E-state index contributed by atoms with van der Waals surface area (Å²) in [6.45, 7) is 5.77. The molecule has 1 aliphatic heterocycles. The predicted molar refractivity (Wildman–Crippen MR) is 59.7 cm³/mol. The van der Waals surface area contributed by atoms with Crippen molar-refractivity contribution in [3.05, 3.63) is 0 Å². The summed E-state index contributed by atoms with van der Waals surface area (Å²) < 4.78 is 4.97. The second kappa shape index (κ2) is 6.08. The fourth-order valence-corrected chi connectivity index (χ4v) is 1.88. The van der Waals surface area contributed by atoms with Gasteiger partial charge in [-0.3, -0.25) is 4.79 Å². The van der Waals surface area contributed by atoms with Gasteiger partial charge in [-0.05, 0) is 32.2 Å². The molecule has 3 unspecified atom stereocenters. The summed E-state index contributed by atoms with van der Waals surface area (Å²) in [6, 6.07) is 0.182. The normalized spacial score (nSPS) is 27.7. The van der Waals surface area contributed by atoms with E-state index in [0.29, 0.717) is 12.5 Å². The van der Waals surface area contributed by atoms with E-state index in [1.807, 2.05) is 6.92 Å². The summed E-state index contributed by atoms with van der Waals surface area (Å²) in [5, 5.41) is 6.23. The molecule has 1 aliphatic rings. The van der Waals surface area contributed by atoms with Crippen LogP contribution in [0.1, 0.15) is 26.7 Å². The molecule has 1 saturated heterocycles. The number of amides is 1. The first-order valence-corrected chi connectivity index (χ1v) is 5.68. The van der Waals surface area contributed by atoms with Gasteiger partial charge in [-0.2, -0.15) is 0 Å². The average Bonchev–Trinajstić information content (AvgIpc) is 2.61. The standard InChI is InChI=1S/C11H22N2O2/c1-8-4-6-12-10(8)11(14)13-9(2)5-7-15-3/h8-10,12H,4-7H2,1-3H3,(H,13,14). The Morgan fingerprint density at radius 1 is 1.67 bits per heavy atom. The largest absolute Gasteiger partial charge is 0.385 e. The van der Waals surface area contributed by atoms with Crippen LogP contribution in [0.2, 0.25) is 0 Å². The molecule has 3 atom stereocenters. The molecule has 0 aliphatic carbocycles. The Kier molecular flexibility index (Phi) is 5.05. The predicted octanol–water partition coefficient (Wildman–Crippen LogP) is 0.526. The lowest BCUT2D eigenvalue weighted by molar-refractivity contribution is -0.124. The van der Waals surface area contributed by atoms with Crippen molar-refractivity contribution >= 4 is 5.91 Å². The number of methoxy groups -OCH3 is 1. The molecule has 2 N–H and O–H groups in total. The van der Waals surface area contributed by atoms with Crippen molar-refractivity contribution in [2.24, 2.45) is 5.92 Å². The molecular formula is C11H22N2O2. The van der Waals surface area contributed by atoms with Gasteiger partial charge in [0.2, 0.25) is 5.91 Å². The summed E-state index contributed by atoms with van der Waals surface area (Å²) in [5.74, 6) is 0.572. The Hall–Kier alpha value is -0.610. The van der Waals surface area contributed by atoms with Crippen LogP contribution in [-0.4, -0.2) is 38.3 Å². The molecular weight excluding hydrogens is 192 g/mol. The fraction of sp³-hybridized carbons (Fsp3) is 0.909. The molecule has 88 valence electrons. The first-order valence-electron chi connectivity index (χ1n) is 5.68. The molecule has 0 aromatic heterocycles. The zero-order valence-corrected chi connectivity index (χ0v) is 9.88. The quantitative estimate of drug-likeness (QED) is 0.701. The minimum Gasteiger partial charge on any atom is -0.385 e. The van der Waals surface area contributed by atoms with Gasteiger partial charge in [0.15, 0.2) is 0 Å². The summed E-state index contributed by atoms with van der Waals surface area (Å²) in [6.07, 6.45) is 1.95. The molecule has 1 fully saturated rings. The molecule has 15 heavy (non-hydrogen) atoms. The molecule has 0 bridgehead atoms. The van der Waals surface area contributed by atoms with E-state index in [0.717, 1.165) is 19.4 Å². The lowest BCUT2D eigenvalue weighted by Crippen LogP contribution is -2.46. The molecule has 0 aromatic rings. The number of hydrogen-bond donors (Lipinski definition) is 2. The monoisotopic (exact) mass is 214 g/mol. The minimum absolute atomic E-state index is 0.00463. The number of hydrogen-bond acceptors (Lipinski definition) is 3. The van der Waals surface area contributed by atoms with Crippen LogP contribution < -0.4 is 10.6 Å². The second-order valence-electron chi connectivity index (χ2n) is 4.39. The van der Waals surface area contributed by atoms with Crippen LogP contribution in [0.3, 0.4) is 0 Å². The minimum atomic E-state index is -0.00463. The van der Waals surface area contributed by atoms with Gasteiger partial charge in [0.1, 0.15) is 0 Å². The van der Waals surface area contributed by atoms with Crippen molar-refractivity contribution in [1.29, 1.82) is 0 Å². The summed E-state index contributed by atoms with van der Waals surface area (Å²) in [7, 11) is 1.68. The Bertz CT molecular complexity index is 209. The molecule has 0 radical (unpaired) electrons. The number of carbonyl (C=O) groups is 1. The van der Waals surface area contributed by atoms with Gasteiger partial charge in [-0.25, -0.2) is 0 Å². The maximum atomic E-state index is 11.8. The fourth-order valence-electron chi connectivity index (χ4n) is 1.88. The van der Waals surface area contributed by atoms with E-state index >= 15 is 0 Å². The van der Waals surface area contributed by atoms with Gasteiger partial charge in [-0.15, -0.1) is 0 Å². The summed E-state index contributed by atoms with van der Waals surface area (Å²) in [5.41, 5.74) is 0. The summed E-state index contributed by atoms with van der Waals surface area (Å²) >= 11 is 0. The van der Waals surface area contributed by atoms with Crippen LogP contribution in [0.5, 0.6) is 0 Å². The molecule has 1 rings (SSSR count). The number of rotatable bonds is 5. The third kappa shape index (κ3) is 3.80. The van der Waals surface area contributed by atoms with Gasteiger partial charge in [0, 0.05) is 19.8 Å². The maximum absolute atomic E-state index is 11.8. The topological polar surface area (TPSA) is 50.4 Å². The third-order valence-corrected chi connectivity index (χ3v) is 2.96. The molecule has 1 amide bonds. The molecule has 1 heterocycles. The molecule has 0 aromatic carbocycles. The number of ether oxygens (including phenoxy) is 1. The van der Waals surface area contributed by atoms with Crippen LogP contribution in [0.4, 0.5) is 0 Å². The van der Waals surface area contributed by atoms with E-state index in [2.05, 4.69) is 17.6 Å². The van der Waals surface area contributed by atoms with E-state index in [-0.39, 0.29) is 18.0 Å². The Balaban J connectivity index is 2.28. The average molecular weight is 214 g/mol. The van der Waals surface area contributed by atoms with Crippen molar-refractivity contribution in [1.82, 2.24) is 10.6 Å². The molecule has 4 heteroatoms. The maximum Gasteiger partial charge on any atom is 0.237 e. The van der Waals surface area contributed by atoms with Crippen LogP contribution in [0.15, 0.2) is 0 Å².